The largest absolute Gasteiger partial charge is 0.351 e. The molecule has 1 amide bonds. The summed E-state index contributed by atoms with van der Waals surface area (Å²) in [6.07, 6.45) is 1.89. The topological polar surface area (TPSA) is 57.3 Å². The maximum atomic E-state index is 13.3. The van der Waals surface area contributed by atoms with Crippen molar-refractivity contribution in [3.63, 3.8) is 0 Å². The van der Waals surface area contributed by atoms with Gasteiger partial charge >= 0.3 is 0 Å². The lowest BCUT2D eigenvalue weighted by atomic mass is 10.0. The van der Waals surface area contributed by atoms with Crippen LogP contribution in [-0.2, 0) is 10.7 Å². The molecule has 0 aliphatic carbocycles. The zero-order valence-electron chi connectivity index (χ0n) is 18.3. The minimum Gasteiger partial charge on any atom is -0.351 e. The Hall–Kier alpha value is -3.39. The minimum atomic E-state index is -3.00. The molecule has 2 N–H and O–H groups in total. The molecule has 0 saturated carbocycles. The second-order valence-electron chi connectivity index (χ2n) is 8.11. The number of pyridine rings is 1. The fraction of sp³-hybridized carbons (Fsp3) is 0.240. The van der Waals surface area contributed by atoms with Crippen LogP contribution in [0.1, 0.15) is 24.6 Å². The first kappa shape index (κ1) is 22.8. The maximum absolute atomic E-state index is 13.3. The summed E-state index contributed by atoms with van der Waals surface area (Å²) in [5.41, 5.74) is 4.44. The fourth-order valence-corrected chi connectivity index (χ4v) is 4.10. The molecule has 0 unspecified atom stereocenters. The summed E-state index contributed by atoms with van der Waals surface area (Å²) >= 11 is 5.30. The van der Waals surface area contributed by atoms with Gasteiger partial charge in [-0.25, -0.2) is 0 Å². The van der Waals surface area contributed by atoms with Crippen LogP contribution in [0.5, 0.6) is 0 Å². The number of alkyl halides is 2. The number of rotatable bonds is 5. The maximum Gasteiger partial charge on any atom is 0.286 e. The van der Waals surface area contributed by atoms with Crippen molar-refractivity contribution in [2.75, 3.05) is 16.8 Å². The Morgan fingerprint density at radius 1 is 1.12 bits per heavy atom. The van der Waals surface area contributed by atoms with E-state index in [1.807, 2.05) is 36.4 Å². The average molecular weight is 467 g/mol. The lowest BCUT2D eigenvalue weighted by Crippen LogP contribution is -2.43. The van der Waals surface area contributed by atoms with Crippen LogP contribution < -0.4 is 15.5 Å². The van der Waals surface area contributed by atoms with Gasteiger partial charge in [-0.05, 0) is 66.5 Å². The zero-order valence-corrected chi connectivity index (χ0v) is 19.1. The number of halogens is 2. The summed E-state index contributed by atoms with van der Waals surface area (Å²) in [5, 5.41) is 6.15. The number of hydrogen-bond acceptors (Lipinski definition) is 3. The molecular weight excluding hydrogens is 442 g/mol. The lowest BCUT2D eigenvalue weighted by molar-refractivity contribution is -0.118. The number of amides is 1. The molecule has 1 atom stereocenters. The van der Waals surface area contributed by atoms with Crippen LogP contribution >= 0.6 is 12.2 Å². The number of carbonyl (C=O) groups is 1. The summed E-state index contributed by atoms with van der Waals surface area (Å²) in [6.45, 7) is 3.44. The van der Waals surface area contributed by atoms with E-state index in [0.717, 1.165) is 23.7 Å². The molecular formula is C25H24F2N4OS. The van der Waals surface area contributed by atoms with E-state index in [4.69, 9.17) is 12.2 Å². The van der Waals surface area contributed by atoms with E-state index in [-0.39, 0.29) is 16.7 Å². The molecule has 1 saturated heterocycles. The molecule has 5 nitrogen and oxygen atoms in total. The van der Waals surface area contributed by atoms with Gasteiger partial charge in [0.15, 0.2) is 5.11 Å². The van der Waals surface area contributed by atoms with Gasteiger partial charge in [0.2, 0.25) is 5.91 Å². The molecule has 4 rings (SSSR count). The van der Waals surface area contributed by atoms with Crippen molar-refractivity contribution in [3.8, 4) is 11.1 Å². The molecule has 33 heavy (non-hydrogen) atoms. The number of nitrogens with one attached hydrogen (secondary N) is 2. The number of hydrogen-bond donors (Lipinski definition) is 2. The standard InChI is InChI=1S/C25H24F2N4OS/c1-16-5-3-4-6-20(16)17-7-10-19(11-8-17)31-14-13-21(23(31)32)30-24(33)29-18-9-12-22(28-15-18)25(2,26)27/h3-12,15,21H,13-14H2,1-2H3,(H2,29,30,33)/t21-/m1/s1. The number of nitrogens with zero attached hydrogens (tertiary/aromatic N) is 2. The number of benzene rings is 2. The Labute approximate surface area is 196 Å². The second kappa shape index (κ2) is 9.23. The second-order valence-corrected chi connectivity index (χ2v) is 8.52. The third-order valence-electron chi connectivity index (χ3n) is 5.62. The molecule has 0 radical (unpaired) electrons. The summed E-state index contributed by atoms with van der Waals surface area (Å²) < 4.78 is 26.6. The van der Waals surface area contributed by atoms with Crippen molar-refractivity contribution < 1.29 is 13.6 Å². The number of anilines is 2. The van der Waals surface area contributed by atoms with Crippen LogP contribution in [0.3, 0.4) is 0 Å². The van der Waals surface area contributed by atoms with Crippen LogP contribution in [-0.4, -0.2) is 28.6 Å². The predicted octanol–water partition coefficient (Wildman–Crippen LogP) is 5.26. The van der Waals surface area contributed by atoms with Gasteiger partial charge in [-0.15, -0.1) is 0 Å². The van der Waals surface area contributed by atoms with E-state index in [1.165, 1.54) is 23.9 Å². The Bertz CT molecular complexity index is 1160. The Morgan fingerprint density at radius 3 is 2.48 bits per heavy atom. The third kappa shape index (κ3) is 5.17. The summed E-state index contributed by atoms with van der Waals surface area (Å²) in [5.74, 6) is -3.07. The van der Waals surface area contributed by atoms with Crippen molar-refractivity contribution in [2.24, 2.45) is 0 Å². The summed E-state index contributed by atoms with van der Waals surface area (Å²) in [7, 11) is 0. The minimum absolute atomic E-state index is 0.0677. The smallest absolute Gasteiger partial charge is 0.286 e. The molecule has 2 heterocycles. The van der Waals surface area contributed by atoms with E-state index in [9.17, 15) is 13.6 Å². The van der Waals surface area contributed by atoms with Crippen molar-refractivity contribution >= 4 is 34.6 Å². The summed E-state index contributed by atoms with van der Waals surface area (Å²) in [6, 6.07) is 18.4. The fourth-order valence-electron chi connectivity index (χ4n) is 3.84. The van der Waals surface area contributed by atoms with E-state index in [2.05, 4.69) is 34.7 Å². The van der Waals surface area contributed by atoms with Crippen LogP contribution in [0.15, 0.2) is 66.9 Å². The Morgan fingerprint density at radius 2 is 1.85 bits per heavy atom. The number of aromatic nitrogens is 1. The molecule has 1 aliphatic rings. The van der Waals surface area contributed by atoms with Crippen LogP contribution in [0.4, 0.5) is 20.2 Å². The van der Waals surface area contributed by atoms with Crippen molar-refractivity contribution in [2.45, 2.75) is 32.2 Å². The first-order valence-electron chi connectivity index (χ1n) is 10.6. The normalized spacial score (nSPS) is 16.1. The van der Waals surface area contributed by atoms with E-state index < -0.39 is 12.0 Å². The lowest BCUT2D eigenvalue weighted by Gasteiger charge is -2.19. The zero-order chi connectivity index (χ0) is 23.6. The first-order chi connectivity index (χ1) is 15.7. The van der Waals surface area contributed by atoms with Crippen LogP contribution in [0.25, 0.3) is 11.1 Å². The molecule has 0 spiro atoms. The van der Waals surface area contributed by atoms with Gasteiger partial charge < -0.3 is 15.5 Å². The van der Waals surface area contributed by atoms with Gasteiger partial charge in [0.25, 0.3) is 5.92 Å². The molecule has 170 valence electrons. The molecule has 0 bridgehead atoms. The molecule has 3 aromatic rings. The summed E-state index contributed by atoms with van der Waals surface area (Å²) in [4.78, 5) is 18.4. The van der Waals surface area contributed by atoms with Crippen LogP contribution in [0.2, 0.25) is 0 Å². The predicted molar refractivity (Wildman–Crippen MR) is 131 cm³/mol. The number of thiocarbonyl (C=S) groups is 1. The quantitative estimate of drug-likeness (QED) is 0.503. The van der Waals surface area contributed by atoms with Gasteiger partial charge in [0.05, 0.1) is 11.9 Å². The van der Waals surface area contributed by atoms with Gasteiger partial charge in [-0.1, -0.05) is 36.4 Å². The van der Waals surface area contributed by atoms with Crippen molar-refractivity contribution in [1.82, 2.24) is 10.3 Å². The first-order valence-corrected chi connectivity index (χ1v) is 11.0. The molecule has 1 aromatic heterocycles. The molecule has 1 aliphatic heterocycles. The Kier molecular flexibility index (Phi) is 6.37. The van der Waals surface area contributed by atoms with E-state index >= 15 is 0 Å². The highest BCUT2D eigenvalue weighted by Gasteiger charge is 2.33. The van der Waals surface area contributed by atoms with Crippen molar-refractivity contribution in [1.29, 1.82) is 0 Å². The number of carbonyl (C=O) groups excluding carboxylic acids is 1. The highest BCUT2D eigenvalue weighted by Crippen LogP contribution is 2.28. The van der Waals surface area contributed by atoms with E-state index in [1.54, 1.807) is 4.90 Å². The third-order valence-corrected chi connectivity index (χ3v) is 5.84. The Balaban J connectivity index is 1.37. The average Bonchev–Trinajstić information content (AvgIpc) is 3.14. The van der Waals surface area contributed by atoms with Gasteiger partial charge in [0, 0.05) is 19.2 Å². The highest BCUT2D eigenvalue weighted by atomic mass is 32.1. The van der Waals surface area contributed by atoms with Crippen molar-refractivity contribution in [3.05, 3.63) is 78.1 Å². The monoisotopic (exact) mass is 466 g/mol. The van der Waals surface area contributed by atoms with E-state index in [0.29, 0.717) is 18.7 Å². The highest BCUT2D eigenvalue weighted by molar-refractivity contribution is 7.80. The molecule has 8 heteroatoms. The molecule has 1 fully saturated rings. The van der Waals surface area contributed by atoms with Crippen LogP contribution in [0, 0.1) is 6.92 Å². The van der Waals surface area contributed by atoms with Gasteiger partial charge in [-0.2, -0.15) is 8.78 Å². The molecule has 2 aromatic carbocycles. The SMILES string of the molecule is Cc1ccccc1-c1ccc(N2CC[C@@H](NC(=S)Nc3ccc(C(C)(F)F)nc3)C2=O)cc1. The van der Waals surface area contributed by atoms with Gasteiger partial charge in [0.1, 0.15) is 11.7 Å². The van der Waals surface area contributed by atoms with Gasteiger partial charge in [-0.3, -0.25) is 9.78 Å². The number of aryl methyl sites for hydroxylation is 1.